The Balaban J connectivity index is 1.87. The molecule has 2 aliphatic rings. The summed E-state index contributed by atoms with van der Waals surface area (Å²) >= 11 is 0. The number of hydrogen-bond donors (Lipinski definition) is 1. The Morgan fingerprint density at radius 3 is 2.95 bits per heavy atom. The zero-order valence-electron chi connectivity index (χ0n) is 13.1. The summed E-state index contributed by atoms with van der Waals surface area (Å²) in [6, 6.07) is 6.95. The quantitative estimate of drug-likeness (QED) is 0.927. The van der Waals surface area contributed by atoms with Crippen LogP contribution in [0.15, 0.2) is 24.4 Å². The molecular formula is C18H22N2O2. The number of fused-ring (bicyclic) bond motifs is 2. The third-order valence-corrected chi connectivity index (χ3v) is 5.61. The number of carboxylic acid groups (broad SMARTS) is 1. The van der Waals surface area contributed by atoms with Gasteiger partial charge in [0.25, 0.3) is 0 Å². The summed E-state index contributed by atoms with van der Waals surface area (Å²) < 4.78 is 2.32. The standard InChI is InChI=1S/C18H22N2O2/c1-3-20-10-11-8-16-14(7-12(18(21)22)9-19(16)2)13-5-4-6-15(20)17(11)13/h4-6,10,12,14,16H,3,7-9H2,1-2H3,(H,21,22). The van der Waals surface area contributed by atoms with Crippen LogP contribution in [0.1, 0.15) is 30.4 Å². The number of carbonyl (C=O) groups is 1. The molecule has 1 fully saturated rings. The highest BCUT2D eigenvalue weighted by molar-refractivity contribution is 5.89. The van der Waals surface area contributed by atoms with E-state index in [-0.39, 0.29) is 5.92 Å². The third kappa shape index (κ3) is 1.83. The monoisotopic (exact) mass is 298 g/mol. The van der Waals surface area contributed by atoms with Gasteiger partial charge >= 0.3 is 5.97 Å². The molecule has 0 amide bonds. The molecule has 2 aromatic rings. The van der Waals surface area contributed by atoms with Gasteiger partial charge in [0.1, 0.15) is 0 Å². The fourth-order valence-corrected chi connectivity index (χ4v) is 4.56. The van der Waals surface area contributed by atoms with Gasteiger partial charge in [0.05, 0.1) is 5.92 Å². The predicted octanol–water partition coefficient (Wildman–Crippen LogP) is 2.71. The first-order chi connectivity index (χ1) is 10.6. The molecule has 2 heterocycles. The largest absolute Gasteiger partial charge is 0.481 e. The molecule has 3 atom stereocenters. The number of rotatable bonds is 2. The molecule has 0 saturated carbocycles. The van der Waals surface area contributed by atoms with E-state index in [4.69, 9.17) is 0 Å². The molecule has 3 unspecified atom stereocenters. The molecule has 0 bridgehead atoms. The van der Waals surface area contributed by atoms with Crippen molar-refractivity contribution in [1.82, 2.24) is 9.47 Å². The van der Waals surface area contributed by atoms with E-state index < -0.39 is 5.97 Å². The maximum Gasteiger partial charge on any atom is 0.307 e. The highest BCUT2D eigenvalue weighted by Crippen LogP contribution is 2.44. The lowest BCUT2D eigenvalue weighted by atomic mass is 9.72. The molecule has 1 aliphatic heterocycles. The van der Waals surface area contributed by atoms with Crippen LogP contribution in [-0.2, 0) is 17.8 Å². The van der Waals surface area contributed by atoms with E-state index >= 15 is 0 Å². The fraction of sp³-hybridized carbons (Fsp3) is 0.500. The summed E-state index contributed by atoms with van der Waals surface area (Å²) in [6.07, 6.45) is 4.09. The smallest absolute Gasteiger partial charge is 0.307 e. The second-order valence-electron chi connectivity index (χ2n) is 6.77. The average molecular weight is 298 g/mol. The predicted molar refractivity (Wildman–Crippen MR) is 86.2 cm³/mol. The zero-order valence-corrected chi connectivity index (χ0v) is 13.1. The third-order valence-electron chi connectivity index (χ3n) is 5.61. The van der Waals surface area contributed by atoms with Crippen LogP contribution in [0.4, 0.5) is 0 Å². The van der Waals surface area contributed by atoms with Crippen LogP contribution in [0, 0.1) is 5.92 Å². The molecule has 116 valence electrons. The molecule has 22 heavy (non-hydrogen) atoms. The Labute approximate surface area is 130 Å². The molecule has 1 aliphatic carbocycles. The number of hydrogen-bond acceptors (Lipinski definition) is 2. The van der Waals surface area contributed by atoms with E-state index in [0.717, 1.165) is 19.4 Å². The molecule has 1 aromatic carbocycles. The molecule has 0 radical (unpaired) electrons. The zero-order chi connectivity index (χ0) is 15.4. The average Bonchev–Trinajstić information content (AvgIpc) is 2.87. The van der Waals surface area contributed by atoms with Gasteiger partial charge in [-0.1, -0.05) is 12.1 Å². The van der Waals surface area contributed by atoms with Crippen LogP contribution in [-0.4, -0.2) is 40.2 Å². The lowest BCUT2D eigenvalue weighted by molar-refractivity contribution is -0.144. The van der Waals surface area contributed by atoms with Gasteiger partial charge in [-0.2, -0.15) is 0 Å². The molecule has 1 N–H and O–H groups in total. The van der Waals surface area contributed by atoms with Gasteiger partial charge < -0.3 is 14.6 Å². The van der Waals surface area contributed by atoms with E-state index in [1.807, 2.05) is 0 Å². The Kier molecular flexibility index (Phi) is 3.05. The first kappa shape index (κ1) is 13.8. The highest BCUT2D eigenvalue weighted by Gasteiger charge is 2.41. The van der Waals surface area contributed by atoms with E-state index in [0.29, 0.717) is 18.5 Å². The van der Waals surface area contributed by atoms with E-state index in [2.05, 4.69) is 47.8 Å². The lowest BCUT2D eigenvalue weighted by Gasteiger charge is -2.44. The fourth-order valence-electron chi connectivity index (χ4n) is 4.56. The number of benzene rings is 1. The summed E-state index contributed by atoms with van der Waals surface area (Å²) in [5.74, 6) is -0.575. The number of aliphatic carboxylic acids is 1. The van der Waals surface area contributed by atoms with Gasteiger partial charge in [0.2, 0.25) is 0 Å². The first-order valence-corrected chi connectivity index (χ1v) is 8.13. The lowest BCUT2D eigenvalue weighted by Crippen LogP contribution is -2.49. The molecule has 1 saturated heterocycles. The summed E-state index contributed by atoms with van der Waals surface area (Å²) in [7, 11) is 2.08. The second-order valence-corrected chi connectivity index (χ2v) is 6.77. The van der Waals surface area contributed by atoms with Crippen molar-refractivity contribution in [3.8, 4) is 0 Å². The maximum absolute atomic E-state index is 11.5. The number of nitrogens with zero attached hydrogens (tertiary/aromatic N) is 2. The van der Waals surface area contributed by atoms with E-state index in [1.54, 1.807) is 0 Å². The summed E-state index contributed by atoms with van der Waals surface area (Å²) in [4.78, 5) is 13.7. The van der Waals surface area contributed by atoms with Crippen molar-refractivity contribution in [1.29, 1.82) is 0 Å². The molecular weight excluding hydrogens is 276 g/mol. The van der Waals surface area contributed by atoms with Crippen LogP contribution >= 0.6 is 0 Å². The van der Waals surface area contributed by atoms with Gasteiger partial charge in [-0.3, -0.25) is 4.79 Å². The van der Waals surface area contributed by atoms with Crippen molar-refractivity contribution in [3.05, 3.63) is 35.5 Å². The summed E-state index contributed by atoms with van der Waals surface area (Å²) in [5.41, 5.74) is 4.08. The van der Waals surface area contributed by atoms with Crippen LogP contribution < -0.4 is 0 Å². The van der Waals surface area contributed by atoms with Crippen LogP contribution in [0.3, 0.4) is 0 Å². The number of aryl methyl sites for hydroxylation is 1. The van der Waals surface area contributed by atoms with Crippen LogP contribution in [0.25, 0.3) is 10.9 Å². The molecule has 1 aromatic heterocycles. The Hall–Kier alpha value is -1.81. The Bertz CT molecular complexity index is 749. The number of carboxylic acids is 1. The minimum Gasteiger partial charge on any atom is -0.481 e. The summed E-state index contributed by atoms with van der Waals surface area (Å²) in [5, 5.41) is 10.8. The van der Waals surface area contributed by atoms with E-state index in [1.165, 1.54) is 22.0 Å². The first-order valence-electron chi connectivity index (χ1n) is 8.13. The van der Waals surface area contributed by atoms with Crippen molar-refractivity contribution in [3.63, 3.8) is 0 Å². The van der Waals surface area contributed by atoms with E-state index in [9.17, 15) is 9.90 Å². The Morgan fingerprint density at radius 1 is 1.41 bits per heavy atom. The highest BCUT2D eigenvalue weighted by atomic mass is 16.4. The molecule has 4 heteroatoms. The number of aromatic nitrogens is 1. The van der Waals surface area contributed by atoms with Gasteiger partial charge in [-0.05, 0) is 44.0 Å². The molecule has 4 rings (SSSR count). The minimum atomic E-state index is -0.658. The van der Waals surface area contributed by atoms with Gasteiger partial charge in [0, 0.05) is 42.1 Å². The SMILES string of the molecule is CCn1cc2c3c(cccc31)C1CC(C(=O)O)CN(C)C1C2. The van der Waals surface area contributed by atoms with Gasteiger partial charge in [-0.15, -0.1) is 0 Å². The second kappa shape index (κ2) is 4.85. The minimum absolute atomic E-state index is 0.253. The van der Waals surface area contributed by atoms with Crippen molar-refractivity contribution >= 4 is 16.9 Å². The number of piperidine rings is 1. The van der Waals surface area contributed by atoms with Crippen molar-refractivity contribution in [2.75, 3.05) is 13.6 Å². The Morgan fingerprint density at radius 2 is 2.23 bits per heavy atom. The van der Waals surface area contributed by atoms with Gasteiger partial charge in [0.15, 0.2) is 0 Å². The maximum atomic E-state index is 11.5. The van der Waals surface area contributed by atoms with Crippen molar-refractivity contribution in [2.24, 2.45) is 5.92 Å². The normalized spacial score (nSPS) is 27.8. The van der Waals surface area contributed by atoms with Crippen LogP contribution in [0.5, 0.6) is 0 Å². The van der Waals surface area contributed by atoms with Crippen molar-refractivity contribution in [2.45, 2.75) is 38.3 Å². The number of likely N-dealkylation sites (N-methyl/N-ethyl adjacent to an activating group) is 1. The van der Waals surface area contributed by atoms with Crippen molar-refractivity contribution < 1.29 is 9.90 Å². The topological polar surface area (TPSA) is 45.5 Å². The van der Waals surface area contributed by atoms with Gasteiger partial charge in [-0.25, -0.2) is 0 Å². The van der Waals surface area contributed by atoms with Crippen LogP contribution in [0.2, 0.25) is 0 Å². The molecule has 0 spiro atoms. The summed E-state index contributed by atoms with van der Waals surface area (Å²) in [6.45, 7) is 3.81. The molecule has 4 nitrogen and oxygen atoms in total. The number of likely N-dealkylation sites (tertiary alicyclic amines) is 1.